The van der Waals surface area contributed by atoms with E-state index in [4.69, 9.17) is 4.74 Å². The van der Waals surface area contributed by atoms with E-state index >= 15 is 0 Å². The number of carbonyl (C=O) groups is 1. The Balaban J connectivity index is 1.59. The normalized spacial score (nSPS) is 11.2. The van der Waals surface area contributed by atoms with E-state index in [1.165, 1.54) is 5.56 Å². The fourth-order valence-corrected chi connectivity index (χ4v) is 3.24. The van der Waals surface area contributed by atoms with E-state index in [-0.39, 0.29) is 17.9 Å². The third-order valence-electron chi connectivity index (χ3n) is 4.71. The van der Waals surface area contributed by atoms with Crippen molar-refractivity contribution in [2.75, 3.05) is 17.2 Å². The van der Waals surface area contributed by atoms with Gasteiger partial charge >= 0.3 is 0 Å². The Morgan fingerprint density at radius 1 is 0.903 bits per heavy atom. The van der Waals surface area contributed by atoms with Gasteiger partial charge < -0.3 is 15.4 Å². The van der Waals surface area contributed by atoms with Gasteiger partial charge in [0.25, 0.3) is 5.91 Å². The van der Waals surface area contributed by atoms with Gasteiger partial charge in [0.15, 0.2) is 6.61 Å². The van der Waals surface area contributed by atoms with Crippen molar-refractivity contribution in [3.63, 3.8) is 0 Å². The van der Waals surface area contributed by atoms with Crippen LogP contribution in [0.5, 0.6) is 5.75 Å². The van der Waals surface area contributed by atoms with Crippen molar-refractivity contribution in [2.24, 2.45) is 0 Å². The molecule has 1 heterocycles. The van der Waals surface area contributed by atoms with E-state index in [2.05, 4.69) is 54.4 Å². The Bertz CT molecular complexity index is 1050. The Hall–Kier alpha value is -3.41. The van der Waals surface area contributed by atoms with Crippen LogP contribution in [0.1, 0.15) is 43.3 Å². The van der Waals surface area contributed by atoms with Crippen LogP contribution in [0.25, 0.3) is 0 Å². The van der Waals surface area contributed by atoms with Crippen LogP contribution < -0.4 is 15.4 Å². The second kappa shape index (κ2) is 9.16. The number of benzene rings is 2. The van der Waals surface area contributed by atoms with Crippen molar-refractivity contribution in [1.29, 1.82) is 0 Å². The van der Waals surface area contributed by atoms with Gasteiger partial charge in [-0.25, -0.2) is 9.97 Å². The fourth-order valence-electron chi connectivity index (χ4n) is 3.24. The number of aryl methyl sites for hydroxylation is 3. The minimum Gasteiger partial charge on any atom is -0.483 e. The first-order valence-electron chi connectivity index (χ1n) is 10.3. The van der Waals surface area contributed by atoms with Gasteiger partial charge in [0, 0.05) is 22.8 Å². The fraction of sp³-hybridized carbons (Fsp3) is 0.320. The van der Waals surface area contributed by atoms with Gasteiger partial charge in [-0.05, 0) is 68.1 Å². The van der Waals surface area contributed by atoms with Gasteiger partial charge in [0.2, 0.25) is 5.95 Å². The highest BCUT2D eigenvalue weighted by Crippen LogP contribution is 2.32. The summed E-state index contributed by atoms with van der Waals surface area (Å²) in [4.78, 5) is 21.1. The smallest absolute Gasteiger partial charge is 0.262 e. The molecule has 162 valence electrons. The van der Waals surface area contributed by atoms with E-state index in [1.807, 2.05) is 56.3 Å². The molecule has 1 aromatic heterocycles. The summed E-state index contributed by atoms with van der Waals surface area (Å²) < 4.78 is 5.84. The molecule has 0 fully saturated rings. The van der Waals surface area contributed by atoms with Crippen LogP contribution in [0.4, 0.5) is 17.3 Å². The van der Waals surface area contributed by atoms with Crippen LogP contribution in [0.15, 0.2) is 48.5 Å². The summed E-state index contributed by atoms with van der Waals surface area (Å²) in [5, 5.41) is 6.05. The molecule has 0 atom stereocenters. The number of anilines is 3. The van der Waals surface area contributed by atoms with Crippen molar-refractivity contribution in [3.8, 4) is 5.75 Å². The topological polar surface area (TPSA) is 76.1 Å². The lowest BCUT2D eigenvalue weighted by Gasteiger charge is -2.23. The third kappa shape index (κ3) is 6.28. The number of hydrogen-bond donors (Lipinski definition) is 2. The molecule has 6 nitrogen and oxygen atoms in total. The minimum absolute atomic E-state index is 0.0530. The van der Waals surface area contributed by atoms with E-state index < -0.39 is 0 Å². The molecule has 0 radical (unpaired) electrons. The number of carbonyl (C=O) groups excluding carboxylic acids is 1. The SMILES string of the molecule is Cc1ccc(OCC(=O)Nc2ccc(Nc3nc(C)cc(C)n3)cc2)c(C(C)(C)C)c1. The lowest BCUT2D eigenvalue weighted by molar-refractivity contribution is -0.118. The van der Waals surface area contributed by atoms with Crippen LogP contribution >= 0.6 is 0 Å². The van der Waals surface area contributed by atoms with Crippen molar-refractivity contribution in [3.05, 3.63) is 71.0 Å². The summed E-state index contributed by atoms with van der Waals surface area (Å²) in [5.41, 5.74) is 5.53. The Morgan fingerprint density at radius 3 is 2.13 bits per heavy atom. The number of amides is 1. The zero-order valence-corrected chi connectivity index (χ0v) is 19.0. The minimum atomic E-state index is -0.209. The molecule has 3 aromatic rings. The molecule has 0 saturated carbocycles. The predicted octanol–water partition coefficient (Wildman–Crippen LogP) is 5.46. The highest BCUT2D eigenvalue weighted by Gasteiger charge is 2.19. The van der Waals surface area contributed by atoms with E-state index in [9.17, 15) is 4.79 Å². The van der Waals surface area contributed by atoms with Crippen molar-refractivity contribution in [2.45, 2.75) is 47.0 Å². The first-order chi connectivity index (χ1) is 14.6. The largest absolute Gasteiger partial charge is 0.483 e. The van der Waals surface area contributed by atoms with Gasteiger partial charge in [-0.15, -0.1) is 0 Å². The lowest BCUT2D eigenvalue weighted by atomic mass is 9.85. The number of rotatable bonds is 6. The summed E-state index contributed by atoms with van der Waals surface area (Å²) in [6.07, 6.45) is 0. The second-order valence-corrected chi connectivity index (χ2v) is 8.76. The van der Waals surface area contributed by atoms with Crippen molar-refractivity contribution < 1.29 is 9.53 Å². The van der Waals surface area contributed by atoms with E-state index in [0.29, 0.717) is 11.6 Å². The van der Waals surface area contributed by atoms with Crippen LogP contribution in [0.2, 0.25) is 0 Å². The number of nitrogens with zero attached hydrogens (tertiary/aromatic N) is 2. The Kier molecular flexibility index (Phi) is 6.59. The van der Waals surface area contributed by atoms with Crippen LogP contribution in [-0.4, -0.2) is 22.5 Å². The first-order valence-corrected chi connectivity index (χ1v) is 10.3. The second-order valence-electron chi connectivity index (χ2n) is 8.76. The highest BCUT2D eigenvalue weighted by molar-refractivity contribution is 5.92. The number of nitrogens with one attached hydrogen (secondary N) is 2. The monoisotopic (exact) mass is 418 g/mol. The van der Waals surface area contributed by atoms with Crippen LogP contribution in [-0.2, 0) is 10.2 Å². The predicted molar refractivity (Wildman–Crippen MR) is 125 cm³/mol. The summed E-state index contributed by atoms with van der Waals surface area (Å²) >= 11 is 0. The van der Waals surface area contributed by atoms with Gasteiger partial charge in [0.1, 0.15) is 5.75 Å². The highest BCUT2D eigenvalue weighted by atomic mass is 16.5. The molecule has 0 aliphatic rings. The number of ether oxygens (including phenoxy) is 1. The molecule has 1 amide bonds. The molecule has 3 rings (SSSR count). The summed E-state index contributed by atoms with van der Waals surface area (Å²) in [6, 6.07) is 15.4. The maximum absolute atomic E-state index is 12.4. The molecular weight excluding hydrogens is 388 g/mol. The molecule has 31 heavy (non-hydrogen) atoms. The van der Waals surface area contributed by atoms with Gasteiger partial charge in [-0.3, -0.25) is 4.79 Å². The van der Waals surface area contributed by atoms with Crippen LogP contribution in [0.3, 0.4) is 0 Å². The average molecular weight is 419 g/mol. The summed E-state index contributed by atoms with van der Waals surface area (Å²) in [7, 11) is 0. The summed E-state index contributed by atoms with van der Waals surface area (Å²) in [5.74, 6) is 1.08. The molecule has 0 aliphatic carbocycles. The van der Waals surface area contributed by atoms with Gasteiger partial charge in [0.05, 0.1) is 0 Å². The summed E-state index contributed by atoms with van der Waals surface area (Å²) in [6.45, 7) is 12.3. The molecule has 0 spiro atoms. The quantitative estimate of drug-likeness (QED) is 0.556. The molecule has 0 unspecified atom stereocenters. The lowest BCUT2D eigenvalue weighted by Crippen LogP contribution is -2.22. The molecule has 0 bridgehead atoms. The van der Waals surface area contributed by atoms with Crippen LogP contribution in [0, 0.1) is 20.8 Å². The Labute approximate surface area is 184 Å². The Morgan fingerprint density at radius 2 is 1.52 bits per heavy atom. The molecule has 0 saturated heterocycles. The number of aromatic nitrogens is 2. The van der Waals surface area contributed by atoms with E-state index in [1.54, 1.807) is 0 Å². The average Bonchev–Trinajstić information content (AvgIpc) is 2.67. The van der Waals surface area contributed by atoms with Crippen molar-refractivity contribution in [1.82, 2.24) is 9.97 Å². The maximum Gasteiger partial charge on any atom is 0.262 e. The van der Waals surface area contributed by atoms with E-state index in [0.717, 1.165) is 28.4 Å². The standard InChI is InChI=1S/C25H30N4O2/c1-16-7-12-22(21(13-16)25(4,5)6)31-15-23(30)28-19-8-10-20(11-9-19)29-24-26-17(2)14-18(3)27-24/h7-14H,15H2,1-6H3,(H,28,30)(H,26,27,29). The maximum atomic E-state index is 12.4. The zero-order chi connectivity index (χ0) is 22.6. The molecule has 2 aromatic carbocycles. The molecular formula is C25H30N4O2. The van der Waals surface area contributed by atoms with Crippen molar-refractivity contribution >= 4 is 23.2 Å². The molecule has 0 aliphatic heterocycles. The zero-order valence-electron chi connectivity index (χ0n) is 19.0. The number of hydrogen-bond acceptors (Lipinski definition) is 5. The van der Waals surface area contributed by atoms with Gasteiger partial charge in [-0.1, -0.05) is 38.5 Å². The first kappa shape index (κ1) is 22.3. The van der Waals surface area contributed by atoms with Gasteiger partial charge in [-0.2, -0.15) is 0 Å². The molecule has 6 heteroatoms. The molecule has 2 N–H and O–H groups in total. The third-order valence-corrected chi connectivity index (χ3v) is 4.71.